The number of nitrogens with one attached hydrogen (secondary N) is 2. The van der Waals surface area contributed by atoms with Crippen LogP contribution in [0.15, 0.2) is 58.3 Å². The van der Waals surface area contributed by atoms with Crippen LogP contribution >= 0.6 is 0 Å². The number of carbonyl (C=O) groups excluding carboxylic acids is 2. The molecular formula is C18H13N3O4S. The minimum Gasteiger partial charge on any atom is -0.305 e. The van der Waals surface area contributed by atoms with Gasteiger partial charge in [-0.25, -0.2) is 8.42 Å². The van der Waals surface area contributed by atoms with Crippen molar-refractivity contribution < 1.29 is 18.0 Å². The van der Waals surface area contributed by atoms with Crippen LogP contribution in [0.2, 0.25) is 0 Å². The van der Waals surface area contributed by atoms with Crippen LogP contribution in [-0.2, 0) is 9.84 Å². The van der Waals surface area contributed by atoms with E-state index in [0.717, 1.165) is 5.69 Å². The predicted molar refractivity (Wildman–Crippen MR) is 93.0 cm³/mol. The van der Waals surface area contributed by atoms with Gasteiger partial charge in [-0.05, 0) is 37.3 Å². The standard InChI is InChI=1S/C18H13N3O4S/c1-10-8-16(21-20-10)19-18(23)11-6-7-13-15(9-11)26(24,25)14-5-3-2-4-12(14)17(13)22/h2-9H,1H3,(H2,19,20,21,23). The number of anilines is 1. The van der Waals surface area contributed by atoms with E-state index in [0.29, 0.717) is 5.82 Å². The molecule has 0 spiro atoms. The maximum Gasteiger partial charge on any atom is 0.256 e. The zero-order valence-corrected chi connectivity index (χ0v) is 14.4. The van der Waals surface area contributed by atoms with E-state index in [9.17, 15) is 18.0 Å². The number of benzene rings is 2. The van der Waals surface area contributed by atoms with Crippen LogP contribution in [-0.4, -0.2) is 30.3 Å². The minimum absolute atomic E-state index is 0.0435. The van der Waals surface area contributed by atoms with E-state index in [1.54, 1.807) is 25.1 Å². The van der Waals surface area contributed by atoms with Crippen LogP contribution < -0.4 is 5.32 Å². The highest BCUT2D eigenvalue weighted by molar-refractivity contribution is 7.91. The Labute approximate surface area is 149 Å². The lowest BCUT2D eigenvalue weighted by Gasteiger charge is -2.19. The molecule has 2 N–H and O–H groups in total. The highest BCUT2D eigenvalue weighted by atomic mass is 32.2. The second kappa shape index (κ2) is 5.63. The lowest BCUT2D eigenvalue weighted by molar-refractivity contribution is 0.101. The summed E-state index contributed by atoms with van der Waals surface area (Å²) >= 11 is 0. The van der Waals surface area contributed by atoms with Crippen molar-refractivity contribution in [2.24, 2.45) is 0 Å². The molecule has 2 heterocycles. The third kappa shape index (κ3) is 2.42. The molecule has 0 saturated heterocycles. The Kier molecular flexibility index (Phi) is 3.52. The van der Waals surface area contributed by atoms with Crippen molar-refractivity contribution in [2.75, 3.05) is 5.32 Å². The number of nitrogens with zero attached hydrogens (tertiary/aromatic N) is 1. The van der Waals surface area contributed by atoms with Crippen LogP contribution in [0, 0.1) is 6.92 Å². The maximum atomic E-state index is 12.9. The predicted octanol–water partition coefficient (Wildman–Crippen LogP) is 2.35. The fraction of sp³-hybridized carbons (Fsp3) is 0.0556. The van der Waals surface area contributed by atoms with Crippen LogP contribution in [0.3, 0.4) is 0 Å². The Morgan fingerprint density at radius 2 is 1.77 bits per heavy atom. The highest BCUT2D eigenvalue weighted by Gasteiger charge is 2.35. The molecule has 0 bridgehead atoms. The van der Waals surface area contributed by atoms with Gasteiger partial charge >= 0.3 is 0 Å². The van der Waals surface area contributed by atoms with Gasteiger partial charge in [0.2, 0.25) is 9.84 Å². The summed E-state index contributed by atoms with van der Waals surface area (Å²) in [5, 5.41) is 9.19. The van der Waals surface area contributed by atoms with Gasteiger partial charge in [0.05, 0.1) is 9.79 Å². The molecule has 0 saturated carbocycles. The van der Waals surface area contributed by atoms with Gasteiger partial charge in [0, 0.05) is 28.5 Å². The average Bonchev–Trinajstić information content (AvgIpc) is 3.04. The third-order valence-electron chi connectivity index (χ3n) is 4.15. The number of aromatic amines is 1. The average molecular weight is 367 g/mol. The molecule has 1 aliphatic heterocycles. The van der Waals surface area contributed by atoms with E-state index >= 15 is 0 Å². The van der Waals surface area contributed by atoms with Crippen molar-refractivity contribution in [3.05, 3.63) is 70.9 Å². The lowest BCUT2D eigenvalue weighted by atomic mass is 10.0. The number of ketones is 1. The second-order valence-electron chi connectivity index (χ2n) is 5.93. The number of hydrogen-bond acceptors (Lipinski definition) is 5. The van der Waals surface area contributed by atoms with Crippen LogP contribution in [0.4, 0.5) is 5.82 Å². The number of amides is 1. The van der Waals surface area contributed by atoms with E-state index in [2.05, 4.69) is 15.5 Å². The summed E-state index contributed by atoms with van der Waals surface area (Å²) in [4.78, 5) is 24.8. The molecule has 130 valence electrons. The second-order valence-corrected chi connectivity index (χ2v) is 7.82. The van der Waals surface area contributed by atoms with Gasteiger partial charge in [-0.2, -0.15) is 5.10 Å². The van der Waals surface area contributed by atoms with Crippen LogP contribution in [0.1, 0.15) is 32.0 Å². The monoisotopic (exact) mass is 367 g/mol. The molecule has 0 radical (unpaired) electrons. The fourth-order valence-electron chi connectivity index (χ4n) is 2.90. The molecule has 0 aliphatic carbocycles. The number of H-pyrrole nitrogens is 1. The molecule has 2 aromatic carbocycles. The van der Waals surface area contributed by atoms with Gasteiger partial charge in [0.1, 0.15) is 0 Å². The zero-order chi connectivity index (χ0) is 18.5. The number of hydrogen-bond donors (Lipinski definition) is 2. The molecule has 3 aromatic rings. The Balaban J connectivity index is 1.78. The largest absolute Gasteiger partial charge is 0.305 e. The smallest absolute Gasteiger partial charge is 0.256 e. The van der Waals surface area contributed by atoms with Gasteiger partial charge in [0.15, 0.2) is 11.6 Å². The molecule has 1 aliphatic rings. The van der Waals surface area contributed by atoms with Crippen LogP contribution in [0.25, 0.3) is 0 Å². The zero-order valence-electron chi connectivity index (χ0n) is 13.6. The number of fused-ring (bicyclic) bond motifs is 2. The molecule has 1 aromatic heterocycles. The fourth-order valence-corrected chi connectivity index (χ4v) is 4.57. The van der Waals surface area contributed by atoms with Gasteiger partial charge in [-0.1, -0.05) is 12.1 Å². The first kappa shape index (κ1) is 16.2. The summed E-state index contributed by atoms with van der Waals surface area (Å²) in [5.74, 6) is -0.560. The van der Waals surface area contributed by atoms with E-state index in [-0.39, 0.29) is 32.3 Å². The van der Waals surface area contributed by atoms with Gasteiger partial charge in [0.25, 0.3) is 5.91 Å². The van der Waals surface area contributed by atoms with Crippen molar-refractivity contribution in [3.63, 3.8) is 0 Å². The minimum atomic E-state index is -3.88. The first-order chi connectivity index (χ1) is 12.4. The third-order valence-corrected chi connectivity index (χ3v) is 6.00. The van der Waals surface area contributed by atoms with Crippen molar-refractivity contribution in [2.45, 2.75) is 16.7 Å². The van der Waals surface area contributed by atoms with Crippen LogP contribution in [0.5, 0.6) is 0 Å². The molecule has 26 heavy (non-hydrogen) atoms. The molecule has 0 unspecified atom stereocenters. The SMILES string of the molecule is Cc1cc(NC(=O)c2ccc3c(c2)S(=O)(=O)c2ccccc2C3=O)n[nH]1. The maximum absolute atomic E-state index is 12.9. The number of rotatable bonds is 2. The topological polar surface area (TPSA) is 109 Å². The quantitative estimate of drug-likeness (QED) is 0.565. The Morgan fingerprint density at radius 3 is 2.50 bits per heavy atom. The normalized spacial score (nSPS) is 14.4. The summed E-state index contributed by atoms with van der Waals surface area (Å²) in [7, 11) is -3.88. The molecule has 0 atom stereocenters. The number of sulfone groups is 1. The van der Waals surface area contributed by atoms with Gasteiger partial charge < -0.3 is 5.32 Å². The van der Waals surface area contributed by atoms with E-state index in [1.165, 1.54) is 30.3 Å². The number of carbonyl (C=O) groups is 2. The summed E-state index contributed by atoms with van der Waals surface area (Å²) < 4.78 is 25.8. The van der Waals surface area contributed by atoms with Gasteiger partial charge in [-0.15, -0.1) is 0 Å². The summed E-state index contributed by atoms with van der Waals surface area (Å²) in [6.07, 6.45) is 0. The Hall–Kier alpha value is -3.26. The molecule has 4 rings (SSSR count). The first-order valence-corrected chi connectivity index (χ1v) is 9.22. The number of aromatic nitrogens is 2. The molecule has 7 nitrogen and oxygen atoms in total. The molecule has 1 amide bonds. The molecule has 8 heteroatoms. The Bertz CT molecular complexity index is 1180. The van der Waals surface area contributed by atoms with Crippen molar-refractivity contribution >= 4 is 27.3 Å². The molecular weight excluding hydrogens is 354 g/mol. The van der Waals surface area contributed by atoms with Crippen molar-refractivity contribution in [3.8, 4) is 0 Å². The van der Waals surface area contributed by atoms with E-state index in [4.69, 9.17) is 0 Å². The summed E-state index contributed by atoms with van der Waals surface area (Å²) in [6.45, 7) is 1.79. The lowest BCUT2D eigenvalue weighted by Crippen LogP contribution is -2.21. The summed E-state index contributed by atoms with van der Waals surface area (Å²) in [5.41, 5.74) is 1.11. The van der Waals surface area contributed by atoms with Crippen molar-refractivity contribution in [1.82, 2.24) is 10.2 Å². The van der Waals surface area contributed by atoms with Crippen molar-refractivity contribution in [1.29, 1.82) is 0 Å². The first-order valence-electron chi connectivity index (χ1n) is 7.74. The number of aryl methyl sites for hydroxylation is 1. The molecule has 0 fully saturated rings. The van der Waals surface area contributed by atoms with E-state index in [1.807, 2.05) is 0 Å². The Morgan fingerprint density at radius 1 is 1.04 bits per heavy atom. The van der Waals surface area contributed by atoms with E-state index < -0.39 is 15.7 Å². The highest BCUT2D eigenvalue weighted by Crippen LogP contribution is 2.34. The van der Waals surface area contributed by atoms with Gasteiger partial charge in [-0.3, -0.25) is 14.7 Å². The summed E-state index contributed by atoms with van der Waals surface area (Å²) in [6, 6.07) is 11.7.